The molecule has 0 aromatic rings. The fraction of sp³-hybridized carbons (Fsp3) is 0.727. The van der Waals surface area contributed by atoms with E-state index in [0.29, 0.717) is 32.4 Å². The van der Waals surface area contributed by atoms with Crippen LogP contribution in [0.25, 0.3) is 0 Å². The van der Waals surface area contributed by atoms with E-state index in [2.05, 4.69) is 10.6 Å². The largest absolute Gasteiger partial charge is 0.353 e. The third kappa shape index (κ3) is 2.25. The summed E-state index contributed by atoms with van der Waals surface area (Å²) >= 11 is 0. The highest BCUT2D eigenvalue weighted by molar-refractivity contribution is 5.94. The maximum absolute atomic E-state index is 12.2. The minimum Gasteiger partial charge on any atom is -0.353 e. The topological polar surface area (TPSA) is 78.5 Å². The zero-order valence-electron chi connectivity index (χ0n) is 9.86. The summed E-state index contributed by atoms with van der Waals surface area (Å²) in [5, 5.41) is 5.40. The third-order valence-electron chi connectivity index (χ3n) is 3.29. The van der Waals surface area contributed by atoms with Crippen molar-refractivity contribution in [2.45, 2.75) is 38.3 Å². The van der Waals surface area contributed by atoms with E-state index in [0.717, 1.165) is 0 Å². The number of nitrogens with one attached hydrogen (secondary N) is 2. The van der Waals surface area contributed by atoms with Gasteiger partial charge in [-0.2, -0.15) is 0 Å². The molecule has 17 heavy (non-hydrogen) atoms. The third-order valence-corrected chi connectivity index (χ3v) is 3.29. The van der Waals surface area contributed by atoms with Crippen LogP contribution in [-0.4, -0.2) is 47.8 Å². The second-order valence-electron chi connectivity index (χ2n) is 4.41. The van der Waals surface area contributed by atoms with Gasteiger partial charge in [0.25, 0.3) is 0 Å². The van der Waals surface area contributed by atoms with Crippen molar-refractivity contribution in [3.63, 3.8) is 0 Å². The molecule has 2 heterocycles. The van der Waals surface area contributed by atoms with E-state index >= 15 is 0 Å². The van der Waals surface area contributed by atoms with E-state index in [1.807, 2.05) is 6.92 Å². The Hall–Kier alpha value is -1.59. The van der Waals surface area contributed by atoms with Gasteiger partial charge in [0, 0.05) is 19.5 Å². The maximum Gasteiger partial charge on any atom is 0.245 e. The Kier molecular flexibility index (Phi) is 3.31. The van der Waals surface area contributed by atoms with Crippen LogP contribution >= 0.6 is 0 Å². The lowest BCUT2D eigenvalue weighted by atomic mass is 10.1. The Morgan fingerprint density at radius 3 is 2.82 bits per heavy atom. The van der Waals surface area contributed by atoms with Crippen molar-refractivity contribution in [3.8, 4) is 0 Å². The highest BCUT2D eigenvalue weighted by Crippen LogP contribution is 2.15. The number of piperazine rings is 1. The van der Waals surface area contributed by atoms with Crippen LogP contribution in [0.4, 0.5) is 0 Å². The summed E-state index contributed by atoms with van der Waals surface area (Å²) in [6, 6.07) is -0.837. The van der Waals surface area contributed by atoms with E-state index in [9.17, 15) is 14.4 Å². The van der Waals surface area contributed by atoms with Crippen molar-refractivity contribution < 1.29 is 14.4 Å². The molecule has 1 unspecified atom stereocenters. The molecule has 0 bridgehead atoms. The number of carbonyl (C=O) groups excluding carboxylic acids is 3. The predicted molar refractivity (Wildman–Crippen MR) is 60.0 cm³/mol. The van der Waals surface area contributed by atoms with Gasteiger partial charge in [0.1, 0.15) is 12.1 Å². The molecule has 2 N–H and O–H groups in total. The molecule has 6 heteroatoms. The van der Waals surface area contributed by atoms with Crippen molar-refractivity contribution >= 4 is 17.7 Å². The van der Waals surface area contributed by atoms with Crippen molar-refractivity contribution in [1.82, 2.24) is 15.5 Å². The van der Waals surface area contributed by atoms with Crippen LogP contribution in [0.3, 0.4) is 0 Å². The summed E-state index contributed by atoms with van der Waals surface area (Å²) in [7, 11) is 0. The molecule has 2 saturated heterocycles. The number of carbonyl (C=O) groups is 3. The van der Waals surface area contributed by atoms with Gasteiger partial charge in [-0.15, -0.1) is 0 Å². The zero-order chi connectivity index (χ0) is 12.4. The lowest BCUT2D eigenvalue weighted by molar-refractivity contribution is -0.144. The molecule has 3 amide bonds. The summed E-state index contributed by atoms with van der Waals surface area (Å²) in [4.78, 5) is 36.5. The fourth-order valence-corrected chi connectivity index (χ4v) is 2.38. The highest BCUT2D eigenvalue weighted by Gasteiger charge is 2.37. The Bertz CT molecular complexity index is 356. The SMILES string of the molecule is CCC1C(=O)NCCN1C(=O)[C@H]1CCC(=O)N1. The summed E-state index contributed by atoms with van der Waals surface area (Å²) in [5.41, 5.74) is 0. The number of rotatable bonds is 2. The van der Waals surface area contributed by atoms with Crippen LogP contribution in [0, 0.1) is 0 Å². The minimum absolute atomic E-state index is 0.0853. The van der Waals surface area contributed by atoms with Crippen LogP contribution in [0.15, 0.2) is 0 Å². The van der Waals surface area contributed by atoms with Crippen molar-refractivity contribution in [1.29, 1.82) is 0 Å². The summed E-state index contributed by atoms with van der Waals surface area (Å²) in [6.45, 7) is 2.89. The number of nitrogens with zero attached hydrogens (tertiary/aromatic N) is 1. The van der Waals surface area contributed by atoms with Gasteiger partial charge in [-0.1, -0.05) is 6.92 Å². The van der Waals surface area contributed by atoms with Gasteiger partial charge in [-0.05, 0) is 12.8 Å². The van der Waals surface area contributed by atoms with E-state index in [1.54, 1.807) is 4.90 Å². The molecule has 6 nitrogen and oxygen atoms in total. The second kappa shape index (κ2) is 4.73. The molecule has 0 aliphatic carbocycles. The molecule has 0 aromatic carbocycles. The van der Waals surface area contributed by atoms with Gasteiger partial charge < -0.3 is 15.5 Å². The Labute approximate surface area is 99.7 Å². The molecule has 2 fully saturated rings. The molecule has 0 radical (unpaired) electrons. The van der Waals surface area contributed by atoms with E-state index in [-0.39, 0.29) is 17.7 Å². The molecule has 2 atom stereocenters. The predicted octanol–water partition coefficient (Wildman–Crippen LogP) is -0.998. The lowest BCUT2D eigenvalue weighted by Crippen LogP contribution is -2.60. The normalized spacial score (nSPS) is 28.9. The number of amides is 3. The van der Waals surface area contributed by atoms with Crippen LogP contribution < -0.4 is 10.6 Å². The summed E-state index contributed by atoms with van der Waals surface area (Å²) in [5.74, 6) is -0.313. The number of hydrogen-bond acceptors (Lipinski definition) is 3. The Balaban J connectivity index is 2.06. The molecule has 2 rings (SSSR count). The molecular formula is C11H17N3O3. The molecule has 0 aromatic heterocycles. The lowest BCUT2D eigenvalue weighted by Gasteiger charge is -2.35. The quantitative estimate of drug-likeness (QED) is 0.649. The number of hydrogen-bond donors (Lipinski definition) is 2. The molecular weight excluding hydrogens is 222 g/mol. The van der Waals surface area contributed by atoms with E-state index in [4.69, 9.17) is 0 Å². The van der Waals surface area contributed by atoms with Crippen LogP contribution in [0.2, 0.25) is 0 Å². The average molecular weight is 239 g/mol. The second-order valence-corrected chi connectivity index (χ2v) is 4.41. The standard InChI is InChI=1S/C11H17N3O3/c1-2-8-10(16)12-5-6-14(8)11(17)7-3-4-9(15)13-7/h7-8H,2-6H2,1H3,(H,12,16)(H,13,15)/t7-,8?/m1/s1. The monoisotopic (exact) mass is 239 g/mol. The van der Waals surface area contributed by atoms with Crippen LogP contribution in [-0.2, 0) is 14.4 Å². The first kappa shape index (κ1) is 11.9. The van der Waals surface area contributed by atoms with Crippen LogP contribution in [0.1, 0.15) is 26.2 Å². The molecule has 0 saturated carbocycles. The van der Waals surface area contributed by atoms with Gasteiger partial charge in [0.2, 0.25) is 17.7 Å². The van der Waals surface area contributed by atoms with Gasteiger partial charge in [0.05, 0.1) is 0 Å². The van der Waals surface area contributed by atoms with Crippen molar-refractivity contribution in [3.05, 3.63) is 0 Å². The van der Waals surface area contributed by atoms with Crippen LogP contribution in [0.5, 0.6) is 0 Å². The maximum atomic E-state index is 12.2. The molecule has 2 aliphatic heterocycles. The molecule has 0 spiro atoms. The Morgan fingerprint density at radius 1 is 1.47 bits per heavy atom. The fourth-order valence-electron chi connectivity index (χ4n) is 2.38. The first-order valence-electron chi connectivity index (χ1n) is 6.01. The smallest absolute Gasteiger partial charge is 0.245 e. The summed E-state index contributed by atoms with van der Waals surface area (Å²) in [6.07, 6.45) is 1.53. The molecule has 94 valence electrons. The minimum atomic E-state index is -0.442. The summed E-state index contributed by atoms with van der Waals surface area (Å²) < 4.78 is 0. The first-order chi connectivity index (χ1) is 8.13. The van der Waals surface area contributed by atoms with Gasteiger partial charge in [-0.25, -0.2) is 0 Å². The van der Waals surface area contributed by atoms with Crippen molar-refractivity contribution in [2.75, 3.05) is 13.1 Å². The van der Waals surface area contributed by atoms with Gasteiger partial charge in [-0.3, -0.25) is 14.4 Å². The van der Waals surface area contributed by atoms with E-state index < -0.39 is 12.1 Å². The zero-order valence-corrected chi connectivity index (χ0v) is 9.86. The van der Waals surface area contributed by atoms with Crippen molar-refractivity contribution in [2.24, 2.45) is 0 Å². The first-order valence-corrected chi connectivity index (χ1v) is 6.01. The van der Waals surface area contributed by atoms with Gasteiger partial charge in [0.15, 0.2) is 0 Å². The Morgan fingerprint density at radius 2 is 2.24 bits per heavy atom. The van der Waals surface area contributed by atoms with E-state index in [1.165, 1.54) is 0 Å². The average Bonchev–Trinajstić information content (AvgIpc) is 2.74. The van der Waals surface area contributed by atoms with Gasteiger partial charge >= 0.3 is 0 Å². The highest BCUT2D eigenvalue weighted by atomic mass is 16.2. The molecule has 2 aliphatic rings.